The van der Waals surface area contributed by atoms with Crippen LogP contribution in [-0.4, -0.2) is 28.2 Å². The molecule has 7 nitrogen and oxygen atoms in total. The summed E-state index contributed by atoms with van der Waals surface area (Å²) < 4.78 is 28.9. The predicted octanol–water partition coefficient (Wildman–Crippen LogP) is 5.35. The average molecular weight is 464 g/mol. The molecule has 0 unspecified atom stereocenters. The molecule has 5 aromatic rings. The standard InChI is InChI=1S/C23H21N5O2S2/c1-14(2)16-6-8-17(9-7-16)24-21-20-19(12-13-31-20)28-22(25-21)23(26-27-28)32(29,30)18-10-4-15(3)5-11-18/h4-14H,1-3H3,(H,24,25). The number of hydrogen-bond donors (Lipinski definition) is 1. The topological polar surface area (TPSA) is 89.2 Å². The van der Waals surface area contributed by atoms with Gasteiger partial charge in [-0.2, -0.15) is 4.52 Å². The smallest absolute Gasteiger partial charge is 0.229 e. The van der Waals surface area contributed by atoms with Crippen molar-refractivity contribution in [3.8, 4) is 0 Å². The molecule has 32 heavy (non-hydrogen) atoms. The van der Waals surface area contributed by atoms with Crippen LogP contribution in [0.1, 0.15) is 30.9 Å². The zero-order chi connectivity index (χ0) is 22.5. The summed E-state index contributed by atoms with van der Waals surface area (Å²) in [7, 11) is -3.88. The van der Waals surface area contributed by atoms with Crippen molar-refractivity contribution in [1.82, 2.24) is 19.8 Å². The summed E-state index contributed by atoms with van der Waals surface area (Å²) in [6.45, 7) is 6.20. The number of aromatic nitrogens is 4. The highest BCUT2D eigenvalue weighted by Crippen LogP contribution is 2.33. The van der Waals surface area contributed by atoms with Crippen molar-refractivity contribution in [2.24, 2.45) is 0 Å². The highest BCUT2D eigenvalue weighted by molar-refractivity contribution is 7.91. The molecular weight excluding hydrogens is 442 g/mol. The van der Waals surface area contributed by atoms with Gasteiger partial charge in [-0.05, 0) is 54.1 Å². The Labute approximate surface area is 189 Å². The molecule has 162 valence electrons. The Morgan fingerprint density at radius 2 is 1.72 bits per heavy atom. The Hall–Kier alpha value is -3.30. The maximum Gasteiger partial charge on any atom is 0.229 e. The summed E-state index contributed by atoms with van der Waals surface area (Å²) in [6.07, 6.45) is 0. The Morgan fingerprint density at radius 1 is 1.00 bits per heavy atom. The van der Waals surface area contributed by atoms with Gasteiger partial charge in [0.05, 0.1) is 15.1 Å². The van der Waals surface area contributed by atoms with Crippen LogP contribution in [0.25, 0.3) is 15.9 Å². The highest BCUT2D eigenvalue weighted by atomic mass is 32.2. The van der Waals surface area contributed by atoms with E-state index < -0.39 is 9.84 Å². The molecule has 3 heterocycles. The third-order valence-corrected chi connectivity index (χ3v) is 7.92. The van der Waals surface area contributed by atoms with Gasteiger partial charge in [0.25, 0.3) is 0 Å². The lowest BCUT2D eigenvalue weighted by Crippen LogP contribution is -2.05. The second-order valence-corrected chi connectivity index (χ2v) is 10.7. The molecule has 1 N–H and O–H groups in total. The van der Waals surface area contributed by atoms with E-state index in [2.05, 4.69) is 46.6 Å². The van der Waals surface area contributed by atoms with E-state index in [1.807, 2.05) is 30.5 Å². The minimum atomic E-state index is -3.88. The van der Waals surface area contributed by atoms with Crippen LogP contribution in [0.3, 0.4) is 0 Å². The van der Waals surface area contributed by atoms with Crippen LogP contribution >= 0.6 is 11.3 Å². The molecule has 0 aliphatic carbocycles. The molecule has 0 spiro atoms. The summed E-state index contributed by atoms with van der Waals surface area (Å²) >= 11 is 1.51. The molecule has 0 amide bonds. The number of nitrogens with one attached hydrogen (secondary N) is 1. The van der Waals surface area contributed by atoms with Gasteiger partial charge in [-0.1, -0.05) is 48.9 Å². The summed E-state index contributed by atoms with van der Waals surface area (Å²) in [5.74, 6) is 1.01. The normalized spacial score (nSPS) is 12.1. The molecule has 0 bridgehead atoms. The quantitative estimate of drug-likeness (QED) is 0.378. The first-order chi connectivity index (χ1) is 15.3. The summed E-state index contributed by atoms with van der Waals surface area (Å²) in [5, 5.41) is 13.2. The van der Waals surface area contributed by atoms with Gasteiger partial charge in [0, 0.05) is 5.69 Å². The fourth-order valence-electron chi connectivity index (χ4n) is 3.50. The van der Waals surface area contributed by atoms with Crippen LogP contribution in [0.4, 0.5) is 11.5 Å². The van der Waals surface area contributed by atoms with Gasteiger partial charge in [0.2, 0.25) is 14.9 Å². The maximum absolute atomic E-state index is 13.3. The zero-order valence-corrected chi connectivity index (χ0v) is 19.4. The molecule has 0 aliphatic heterocycles. The van der Waals surface area contributed by atoms with E-state index in [1.54, 1.807) is 24.3 Å². The maximum atomic E-state index is 13.3. The van der Waals surface area contributed by atoms with Crippen LogP contribution in [0.15, 0.2) is 69.9 Å². The van der Waals surface area contributed by atoms with Crippen LogP contribution in [0, 0.1) is 6.92 Å². The van der Waals surface area contributed by atoms with Gasteiger partial charge in [0.15, 0.2) is 11.5 Å². The van der Waals surface area contributed by atoms with E-state index >= 15 is 0 Å². The molecule has 0 aliphatic rings. The highest BCUT2D eigenvalue weighted by Gasteiger charge is 2.27. The van der Waals surface area contributed by atoms with Gasteiger partial charge in [-0.3, -0.25) is 0 Å². The van der Waals surface area contributed by atoms with Gasteiger partial charge in [-0.15, -0.1) is 16.4 Å². The minimum absolute atomic E-state index is 0.160. The average Bonchev–Trinajstić information content (AvgIpc) is 3.42. The monoisotopic (exact) mass is 463 g/mol. The molecule has 2 aromatic carbocycles. The van der Waals surface area contributed by atoms with E-state index in [4.69, 9.17) is 0 Å². The number of fused-ring (bicyclic) bond motifs is 3. The molecule has 0 saturated heterocycles. The van der Waals surface area contributed by atoms with Crippen LogP contribution < -0.4 is 5.32 Å². The van der Waals surface area contributed by atoms with E-state index in [0.717, 1.165) is 21.5 Å². The largest absolute Gasteiger partial charge is 0.339 e. The van der Waals surface area contributed by atoms with Crippen molar-refractivity contribution in [2.75, 3.05) is 5.32 Å². The number of aryl methyl sites for hydroxylation is 1. The first-order valence-electron chi connectivity index (χ1n) is 10.2. The Kier molecular flexibility index (Phi) is 4.94. The third kappa shape index (κ3) is 3.43. The van der Waals surface area contributed by atoms with Gasteiger partial charge < -0.3 is 5.32 Å². The summed E-state index contributed by atoms with van der Waals surface area (Å²) in [5.41, 5.74) is 4.03. The number of rotatable bonds is 5. The second-order valence-electron chi connectivity index (χ2n) is 7.94. The van der Waals surface area contributed by atoms with E-state index in [0.29, 0.717) is 11.7 Å². The Bertz CT molecular complexity index is 1530. The number of anilines is 2. The van der Waals surface area contributed by atoms with E-state index in [1.165, 1.54) is 21.4 Å². The molecule has 9 heteroatoms. The Balaban J connectivity index is 1.64. The molecule has 5 rings (SSSR count). The first kappa shape index (κ1) is 20.6. The second kappa shape index (κ2) is 7.68. The molecule has 0 fully saturated rings. The lowest BCUT2D eigenvalue weighted by Gasteiger charge is -2.10. The van der Waals surface area contributed by atoms with Crippen molar-refractivity contribution >= 4 is 48.5 Å². The van der Waals surface area contributed by atoms with Crippen molar-refractivity contribution in [3.05, 3.63) is 71.1 Å². The van der Waals surface area contributed by atoms with Crippen LogP contribution in [0.5, 0.6) is 0 Å². The van der Waals surface area contributed by atoms with Gasteiger partial charge >= 0.3 is 0 Å². The number of sulfone groups is 1. The fraction of sp³-hybridized carbons (Fsp3) is 0.174. The zero-order valence-electron chi connectivity index (χ0n) is 17.8. The molecule has 0 radical (unpaired) electrons. The number of thiophene rings is 1. The Morgan fingerprint density at radius 3 is 2.41 bits per heavy atom. The number of nitrogens with zero attached hydrogens (tertiary/aromatic N) is 4. The molecule has 0 atom stereocenters. The van der Waals surface area contributed by atoms with Gasteiger partial charge in [0.1, 0.15) is 0 Å². The lowest BCUT2D eigenvalue weighted by molar-refractivity contribution is 0.592. The first-order valence-corrected chi connectivity index (χ1v) is 12.5. The SMILES string of the molecule is Cc1ccc(S(=O)(=O)c2nnn3c2nc(Nc2ccc(C(C)C)cc2)c2sccc23)cc1. The predicted molar refractivity (Wildman–Crippen MR) is 127 cm³/mol. The van der Waals surface area contributed by atoms with Crippen LogP contribution in [0.2, 0.25) is 0 Å². The molecular formula is C23H21N5O2S2. The van der Waals surface area contributed by atoms with E-state index in [-0.39, 0.29) is 15.6 Å². The van der Waals surface area contributed by atoms with Crippen molar-refractivity contribution < 1.29 is 8.42 Å². The summed E-state index contributed by atoms with van der Waals surface area (Å²) in [6, 6.07) is 16.7. The van der Waals surface area contributed by atoms with Crippen LogP contribution in [-0.2, 0) is 9.84 Å². The number of benzene rings is 2. The van der Waals surface area contributed by atoms with Gasteiger partial charge in [-0.25, -0.2) is 13.4 Å². The fourth-order valence-corrected chi connectivity index (χ4v) is 5.55. The number of hydrogen-bond acceptors (Lipinski definition) is 7. The lowest BCUT2D eigenvalue weighted by atomic mass is 10.0. The van der Waals surface area contributed by atoms with Crippen molar-refractivity contribution in [2.45, 2.75) is 36.6 Å². The van der Waals surface area contributed by atoms with Crippen molar-refractivity contribution in [1.29, 1.82) is 0 Å². The third-order valence-electron chi connectivity index (χ3n) is 5.35. The summed E-state index contributed by atoms with van der Waals surface area (Å²) in [4.78, 5) is 4.82. The molecule has 0 saturated carbocycles. The minimum Gasteiger partial charge on any atom is -0.339 e. The van der Waals surface area contributed by atoms with E-state index in [9.17, 15) is 8.42 Å². The molecule has 3 aromatic heterocycles. The van der Waals surface area contributed by atoms with Crippen molar-refractivity contribution in [3.63, 3.8) is 0 Å².